The molecule has 0 aliphatic carbocycles. The minimum Gasteiger partial charge on any atom is -0.497 e. The third kappa shape index (κ3) is 4.59. The maximum Gasteiger partial charge on any atom is 0.240 e. The summed E-state index contributed by atoms with van der Waals surface area (Å²) in [4.78, 5) is 0.262. The van der Waals surface area contributed by atoms with Crippen molar-refractivity contribution in [3.63, 3.8) is 0 Å². The summed E-state index contributed by atoms with van der Waals surface area (Å²) in [6, 6.07) is 18.4. The van der Waals surface area contributed by atoms with Crippen LogP contribution in [0.2, 0.25) is 0 Å². The van der Waals surface area contributed by atoms with Gasteiger partial charge >= 0.3 is 0 Å². The molecular formula is C21H23NO4S. The van der Waals surface area contributed by atoms with E-state index in [4.69, 9.17) is 9.47 Å². The summed E-state index contributed by atoms with van der Waals surface area (Å²) in [5.41, 5.74) is 1.07. The molecule has 0 aliphatic heterocycles. The molecule has 0 aliphatic rings. The smallest absolute Gasteiger partial charge is 0.240 e. The van der Waals surface area contributed by atoms with Gasteiger partial charge in [0.15, 0.2) is 0 Å². The summed E-state index contributed by atoms with van der Waals surface area (Å²) in [6.07, 6.45) is 1.43. The van der Waals surface area contributed by atoms with Crippen LogP contribution in [0.4, 0.5) is 0 Å². The SMILES string of the molecule is COc1ccc2cc(S(=O)(=O)NCCCc3ccccc3OC)ccc2c1. The van der Waals surface area contributed by atoms with Crippen LogP contribution < -0.4 is 14.2 Å². The summed E-state index contributed by atoms with van der Waals surface area (Å²) in [5, 5.41) is 1.79. The molecule has 0 atom stereocenters. The fraction of sp³-hybridized carbons (Fsp3) is 0.238. The lowest BCUT2D eigenvalue weighted by molar-refractivity contribution is 0.409. The van der Waals surface area contributed by atoms with E-state index in [-0.39, 0.29) is 4.90 Å². The van der Waals surface area contributed by atoms with E-state index in [0.29, 0.717) is 13.0 Å². The Balaban J connectivity index is 1.65. The molecule has 0 heterocycles. The van der Waals surface area contributed by atoms with E-state index in [1.807, 2.05) is 42.5 Å². The Kier molecular flexibility index (Phi) is 5.98. The quantitative estimate of drug-likeness (QED) is 0.600. The second-order valence-corrected chi connectivity index (χ2v) is 7.96. The van der Waals surface area contributed by atoms with Gasteiger partial charge in [0, 0.05) is 6.54 Å². The molecule has 3 rings (SSSR count). The molecule has 0 bridgehead atoms. The van der Waals surface area contributed by atoms with Crippen molar-refractivity contribution in [2.45, 2.75) is 17.7 Å². The molecule has 1 N–H and O–H groups in total. The molecule has 6 heteroatoms. The van der Waals surface area contributed by atoms with E-state index in [0.717, 1.165) is 34.3 Å². The first kappa shape index (κ1) is 19.2. The standard InChI is InChI=1S/C21H23NO4S/c1-25-19-11-9-18-15-20(12-10-17(18)14-19)27(23,24)22-13-5-7-16-6-3-4-8-21(16)26-2/h3-4,6,8-12,14-15,22H,5,7,13H2,1-2H3. The van der Waals surface area contributed by atoms with Crippen molar-refractivity contribution in [1.82, 2.24) is 4.72 Å². The number of para-hydroxylation sites is 1. The lowest BCUT2D eigenvalue weighted by Crippen LogP contribution is -2.25. The van der Waals surface area contributed by atoms with Gasteiger partial charge < -0.3 is 9.47 Å². The van der Waals surface area contributed by atoms with Crippen molar-refractivity contribution >= 4 is 20.8 Å². The number of fused-ring (bicyclic) bond motifs is 1. The van der Waals surface area contributed by atoms with E-state index in [2.05, 4.69) is 4.72 Å². The molecule has 3 aromatic rings. The van der Waals surface area contributed by atoms with Crippen molar-refractivity contribution in [2.75, 3.05) is 20.8 Å². The molecule has 0 radical (unpaired) electrons. The van der Waals surface area contributed by atoms with Crippen molar-refractivity contribution in [2.24, 2.45) is 0 Å². The number of hydrogen-bond donors (Lipinski definition) is 1. The van der Waals surface area contributed by atoms with Gasteiger partial charge in [-0.05, 0) is 59.5 Å². The normalized spacial score (nSPS) is 11.5. The van der Waals surface area contributed by atoms with Crippen LogP contribution in [0.3, 0.4) is 0 Å². The van der Waals surface area contributed by atoms with Crippen LogP contribution in [-0.2, 0) is 16.4 Å². The number of ether oxygens (including phenoxy) is 2. The monoisotopic (exact) mass is 385 g/mol. The largest absolute Gasteiger partial charge is 0.497 e. The molecule has 27 heavy (non-hydrogen) atoms. The number of nitrogens with one attached hydrogen (secondary N) is 1. The van der Waals surface area contributed by atoms with Crippen LogP contribution >= 0.6 is 0 Å². The van der Waals surface area contributed by atoms with Crippen LogP contribution in [0.5, 0.6) is 11.5 Å². The molecule has 5 nitrogen and oxygen atoms in total. The Labute approximate surface area is 160 Å². The number of benzene rings is 3. The van der Waals surface area contributed by atoms with E-state index >= 15 is 0 Å². The van der Waals surface area contributed by atoms with Crippen LogP contribution in [-0.4, -0.2) is 29.2 Å². The van der Waals surface area contributed by atoms with Gasteiger partial charge in [-0.2, -0.15) is 0 Å². The molecule has 0 unspecified atom stereocenters. The van der Waals surface area contributed by atoms with Gasteiger partial charge in [-0.15, -0.1) is 0 Å². The predicted molar refractivity (Wildman–Crippen MR) is 107 cm³/mol. The first-order chi connectivity index (χ1) is 13.0. The first-order valence-electron chi connectivity index (χ1n) is 8.73. The molecular weight excluding hydrogens is 362 g/mol. The molecule has 3 aromatic carbocycles. The zero-order valence-corrected chi connectivity index (χ0v) is 16.3. The molecule has 0 fully saturated rings. The van der Waals surface area contributed by atoms with Crippen LogP contribution in [0.25, 0.3) is 10.8 Å². The fourth-order valence-corrected chi connectivity index (χ4v) is 4.08. The Morgan fingerprint density at radius 1 is 0.889 bits per heavy atom. The summed E-state index contributed by atoms with van der Waals surface area (Å²) in [7, 11) is -0.308. The minimum atomic E-state index is -3.55. The average molecular weight is 385 g/mol. The molecule has 0 saturated carbocycles. The van der Waals surface area contributed by atoms with Crippen LogP contribution in [0, 0.1) is 0 Å². The summed E-state index contributed by atoms with van der Waals surface area (Å²) in [5.74, 6) is 1.57. The van der Waals surface area contributed by atoms with Gasteiger partial charge in [0.05, 0.1) is 19.1 Å². The highest BCUT2D eigenvalue weighted by Gasteiger charge is 2.14. The summed E-state index contributed by atoms with van der Waals surface area (Å²) < 4.78 is 38.3. The average Bonchev–Trinajstić information content (AvgIpc) is 2.70. The topological polar surface area (TPSA) is 64.6 Å². The van der Waals surface area contributed by atoms with Crippen LogP contribution in [0.1, 0.15) is 12.0 Å². The van der Waals surface area contributed by atoms with Gasteiger partial charge in [0.25, 0.3) is 0 Å². The molecule has 0 spiro atoms. The zero-order chi connectivity index (χ0) is 19.3. The second-order valence-electron chi connectivity index (χ2n) is 6.19. The van der Waals surface area contributed by atoms with Gasteiger partial charge in [0.1, 0.15) is 11.5 Å². The third-order valence-corrected chi connectivity index (χ3v) is 5.90. The molecule has 142 valence electrons. The molecule has 0 amide bonds. The predicted octanol–water partition coefficient (Wildman–Crippen LogP) is 3.77. The summed E-state index contributed by atoms with van der Waals surface area (Å²) >= 11 is 0. The number of sulfonamides is 1. The van der Waals surface area contributed by atoms with Gasteiger partial charge in [-0.3, -0.25) is 0 Å². The highest BCUT2D eigenvalue weighted by Crippen LogP contribution is 2.24. The van der Waals surface area contributed by atoms with E-state index in [1.165, 1.54) is 0 Å². The van der Waals surface area contributed by atoms with Gasteiger partial charge in [-0.1, -0.05) is 30.3 Å². The van der Waals surface area contributed by atoms with Gasteiger partial charge in [0.2, 0.25) is 10.0 Å². The lowest BCUT2D eigenvalue weighted by Gasteiger charge is -2.10. The highest BCUT2D eigenvalue weighted by atomic mass is 32.2. The van der Waals surface area contributed by atoms with Crippen molar-refractivity contribution < 1.29 is 17.9 Å². The number of methoxy groups -OCH3 is 2. The van der Waals surface area contributed by atoms with Crippen molar-refractivity contribution in [3.8, 4) is 11.5 Å². The second kappa shape index (κ2) is 8.41. The zero-order valence-electron chi connectivity index (χ0n) is 15.4. The van der Waals surface area contributed by atoms with E-state index < -0.39 is 10.0 Å². The highest BCUT2D eigenvalue weighted by molar-refractivity contribution is 7.89. The Hall–Kier alpha value is -2.57. The van der Waals surface area contributed by atoms with Gasteiger partial charge in [-0.25, -0.2) is 13.1 Å². The number of rotatable bonds is 8. The Bertz CT molecular complexity index is 1030. The lowest BCUT2D eigenvalue weighted by atomic mass is 10.1. The molecule has 0 saturated heterocycles. The van der Waals surface area contributed by atoms with E-state index in [9.17, 15) is 8.42 Å². The maximum atomic E-state index is 12.6. The third-order valence-electron chi connectivity index (χ3n) is 4.44. The number of aryl methyl sites for hydroxylation is 1. The van der Waals surface area contributed by atoms with Crippen molar-refractivity contribution in [3.05, 3.63) is 66.2 Å². The fourth-order valence-electron chi connectivity index (χ4n) is 2.97. The maximum absolute atomic E-state index is 12.6. The Morgan fingerprint density at radius 3 is 2.41 bits per heavy atom. The van der Waals surface area contributed by atoms with Crippen molar-refractivity contribution in [1.29, 1.82) is 0 Å². The summed E-state index contributed by atoms with van der Waals surface area (Å²) in [6.45, 7) is 0.362. The van der Waals surface area contributed by atoms with Crippen LogP contribution in [0.15, 0.2) is 65.6 Å². The van der Waals surface area contributed by atoms with E-state index in [1.54, 1.807) is 32.4 Å². The first-order valence-corrected chi connectivity index (χ1v) is 10.2. The Morgan fingerprint density at radius 2 is 1.63 bits per heavy atom. The minimum absolute atomic E-state index is 0.262. The number of hydrogen-bond acceptors (Lipinski definition) is 4. The molecule has 0 aromatic heterocycles.